The van der Waals surface area contributed by atoms with Crippen molar-refractivity contribution in [1.29, 1.82) is 5.26 Å². The molecule has 0 aromatic heterocycles. The van der Waals surface area contributed by atoms with Crippen molar-refractivity contribution in [2.45, 2.75) is 18.9 Å². The van der Waals surface area contributed by atoms with E-state index in [0.29, 0.717) is 6.61 Å². The minimum absolute atomic E-state index is 0.471. The summed E-state index contributed by atoms with van der Waals surface area (Å²) in [7, 11) is 1.64. The molecule has 1 fully saturated rings. The van der Waals surface area contributed by atoms with Gasteiger partial charge >= 0.3 is 0 Å². The molecule has 1 saturated heterocycles. The molecule has 0 radical (unpaired) electrons. The van der Waals surface area contributed by atoms with Crippen LogP contribution in [0.5, 0.6) is 0 Å². The van der Waals surface area contributed by atoms with Crippen molar-refractivity contribution in [3.63, 3.8) is 0 Å². The SMILES string of the molecule is COCC(C)(C#N)N1CCCNCC1. The molecule has 0 aliphatic carbocycles. The number of rotatable bonds is 3. The van der Waals surface area contributed by atoms with E-state index in [2.05, 4.69) is 16.3 Å². The van der Waals surface area contributed by atoms with Gasteiger partial charge in [-0.15, -0.1) is 0 Å². The fourth-order valence-electron chi connectivity index (χ4n) is 1.81. The molecule has 0 aromatic carbocycles. The number of hydrogen-bond donors (Lipinski definition) is 1. The smallest absolute Gasteiger partial charge is 0.129 e. The summed E-state index contributed by atoms with van der Waals surface area (Å²) in [5.41, 5.74) is -0.471. The fraction of sp³-hybridized carbons (Fsp3) is 0.900. The molecule has 0 saturated carbocycles. The number of ether oxygens (including phenoxy) is 1. The topological polar surface area (TPSA) is 48.3 Å². The Morgan fingerprint density at radius 2 is 2.29 bits per heavy atom. The van der Waals surface area contributed by atoms with Crippen LogP contribution in [0.3, 0.4) is 0 Å². The van der Waals surface area contributed by atoms with Gasteiger partial charge in [-0.25, -0.2) is 0 Å². The summed E-state index contributed by atoms with van der Waals surface area (Å²) >= 11 is 0. The van der Waals surface area contributed by atoms with Crippen LogP contribution in [0.25, 0.3) is 0 Å². The van der Waals surface area contributed by atoms with Gasteiger partial charge in [0.25, 0.3) is 0 Å². The first kappa shape index (κ1) is 11.4. The van der Waals surface area contributed by atoms with Crippen molar-refractivity contribution in [1.82, 2.24) is 10.2 Å². The zero-order chi connectivity index (χ0) is 10.4. The Morgan fingerprint density at radius 1 is 1.50 bits per heavy atom. The summed E-state index contributed by atoms with van der Waals surface area (Å²) in [6.07, 6.45) is 1.10. The van der Waals surface area contributed by atoms with Crippen molar-refractivity contribution in [2.75, 3.05) is 39.9 Å². The summed E-state index contributed by atoms with van der Waals surface area (Å²) < 4.78 is 5.11. The van der Waals surface area contributed by atoms with E-state index in [1.54, 1.807) is 7.11 Å². The molecule has 1 aliphatic heterocycles. The Morgan fingerprint density at radius 3 is 2.93 bits per heavy atom. The largest absolute Gasteiger partial charge is 0.382 e. The molecular weight excluding hydrogens is 178 g/mol. The van der Waals surface area contributed by atoms with E-state index < -0.39 is 5.54 Å². The first-order valence-corrected chi connectivity index (χ1v) is 5.09. The molecule has 0 aromatic rings. The molecule has 14 heavy (non-hydrogen) atoms. The molecule has 1 N–H and O–H groups in total. The predicted octanol–water partition coefficient (Wildman–Crippen LogP) is 0.210. The molecule has 0 amide bonds. The highest BCUT2D eigenvalue weighted by Crippen LogP contribution is 2.15. The van der Waals surface area contributed by atoms with E-state index in [-0.39, 0.29) is 0 Å². The van der Waals surface area contributed by atoms with Crippen LogP contribution in [-0.2, 0) is 4.74 Å². The lowest BCUT2D eigenvalue weighted by atomic mass is 10.0. The van der Waals surface area contributed by atoms with Gasteiger partial charge < -0.3 is 10.1 Å². The van der Waals surface area contributed by atoms with Crippen LogP contribution in [0, 0.1) is 11.3 Å². The zero-order valence-electron chi connectivity index (χ0n) is 9.05. The van der Waals surface area contributed by atoms with Crippen molar-refractivity contribution < 1.29 is 4.74 Å². The minimum Gasteiger partial charge on any atom is -0.382 e. The van der Waals surface area contributed by atoms with Crippen LogP contribution in [0.2, 0.25) is 0 Å². The molecule has 0 bridgehead atoms. The second kappa shape index (κ2) is 5.30. The molecule has 0 spiro atoms. The number of nitrogens with one attached hydrogen (secondary N) is 1. The lowest BCUT2D eigenvalue weighted by molar-refractivity contribution is 0.0616. The lowest BCUT2D eigenvalue weighted by Gasteiger charge is -2.34. The molecule has 1 heterocycles. The maximum Gasteiger partial charge on any atom is 0.129 e. The summed E-state index contributed by atoms with van der Waals surface area (Å²) in [5.74, 6) is 0. The summed E-state index contributed by atoms with van der Waals surface area (Å²) in [6.45, 7) is 6.32. The number of hydrogen-bond acceptors (Lipinski definition) is 4. The van der Waals surface area contributed by atoms with Crippen LogP contribution in [0.15, 0.2) is 0 Å². The summed E-state index contributed by atoms with van der Waals surface area (Å²) in [6, 6.07) is 2.35. The van der Waals surface area contributed by atoms with Crippen molar-refractivity contribution in [3.05, 3.63) is 0 Å². The highest BCUT2D eigenvalue weighted by Gasteiger charge is 2.31. The number of methoxy groups -OCH3 is 1. The van der Waals surface area contributed by atoms with Crippen LogP contribution >= 0.6 is 0 Å². The third-order valence-electron chi connectivity index (χ3n) is 2.70. The molecule has 80 valence electrons. The van der Waals surface area contributed by atoms with Gasteiger partial charge in [-0.05, 0) is 19.9 Å². The van der Waals surface area contributed by atoms with Gasteiger partial charge in [0.05, 0.1) is 12.7 Å². The standard InChI is InChI=1S/C10H19N3O/c1-10(8-11,9-14-2)13-6-3-4-12-5-7-13/h12H,3-7,9H2,1-2H3. The molecule has 4 heteroatoms. The summed E-state index contributed by atoms with van der Waals surface area (Å²) in [4.78, 5) is 2.20. The molecule has 1 atom stereocenters. The lowest BCUT2D eigenvalue weighted by Crippen LogP contribution is -2.50. The average molecular weight is 197 g/mol. The van der Waals surface area contributed by atoms with Crippen molar-refractivity contribution in [2.24, 2.45) is 0 Å². The van der Waals surface area contributed by atoms with Gasteiger partial charge in [0.15, 0.2) is 0 Å². The van der Waals surface area contributed by atoms with Gasteiger partial charge in [0, 0.05) is 26.7 Å². The van der Waals surface area contributed by atoms with Crippen LogP contribution in [0.4, 0.5) is 0 Å². The van der Waals surface area contributed by atoms with E-state index in [4.69, 9.17) is 10.00 Å². The highest BCUT2D eigenvalue weighted by atomic mass is 16.5. The summed E-state index contributed by atoms with van der Waals surface area (Å²) in [5, 5.41) is 12.5. The van der Waals surface area contributed by atoms with E-state index in [1.165, 1.54) is 0 Å². The van der Waals surface area contributed by atoms with E-state index in [1.807, 2.05) is 6.92 Å². The zero-order valence-corrected chi connectivity index (χ0v) is 9.05. The van der Waals surface area contributed by atoms with Crippen LogP contribution in [0.1, 0.15) is 13.3 Å². The Kier molecular flexibility index (Phi) is 4.33. The molecule has 1 rings (SSSR count). The van der Waals surface area contributed by atoms with Gasteiger partial charge in [-0.1, -0.05) is 0 Å². The first-order chi connectivity index (χ1) is 6.73. The van der Waals surface area contributed by atoms with E-state index in [9.17, 15) is 0 Å². The minimum atomic E-state index is -0.471. The maximum absolute atomic E-state index is 9.17. The third-order valence-corrected chi connectivity index (χ3v) is 2.70. The number of nitrogens with zero attached hydrogens (tertiary/aromatic N) is 2. The highest BCUT2D eigenvalue weighted by molar-refractivity contribution is 5.05. The van der Waals surface area contributed by atoms with Crippen LogP contribution < -0.4 is 5.32 Å². The third kappa shape index (κ3) is 2.68. The van der Waals surface area contributed by atoms with Gasteiger partial charge in [-0.3, -0.25) is 4.90 Å². The van der Waals surface area contributed by atoms with Crippen molar-refractivity contribution in [3.8, 4) is 6.07 Å². The molecule has 1 aliphatic rings. The Balaban J connectivity index is 2.62. The molecule has 4 nitrogen and oxygen atoms in total. The van der Waals surface area contributed by atoms with Crippen molar-refractivity contribution >= 4 is 0 Å². The Labute approximate surface area is 85.8 Å². The average Bonchev–Trinajstić information content (AvgIpc) is 2.46. The molecule has 1 unspecified atom stereocenters. The Bertz CT molecular complexity index is 206. The van der Waals surface area contributed by atoms with Crippen LogP contribution in [-0.4, -0.2) is 50.3 Å². The van der Waals surface area contributed by atoms with Gasteiger partial charge in [-0.2, -0.15) is 5.26 Å². The molecular formula is C10H19N3O. The fourth-order valence-corrected chi connectivity index (χ4v) is 1.81. The van der Waals surface area contributed by atoms with E-state index >= 15 is 0 Å². The Hall–Kier alpha value is -0.630. The van der Waals surface area contributed by atoms with E-state index in [0.717, 1.165) is 32.6 Å². The first-order valence-electron chi connectivity index (χ1n) is 5.09. The van der Waals surface area contributed by atoms with Gasteiger partial charge in [0.2, 0.25) is 0 Å². The quantitative estimate of drug-likeness (QED) is 0.702. The monoisotopic (exact) mass is 197 g/mol. The number of nitriles is 1. The van der Waals surface area contributed by atoms with Gasteiger partial charge in [0.1, 0.15) is 5.54 Å². The second-order valence-electron chi connectivity index (χ2n) is 3.91. The maximum atomic E-state index is 9.17. The normalized spacial score (nSPS) is 23.5. The second-order valence-corrected chi connectivity index (χ2v) is 3.91. The predicted molar refractivity (Wildman–Crippen MR) is 55.0 cm³/mol.